The molecule has 0 aliphatic carbocycles. The number of carbonyl (C=O) groups excluding carboxylic acids is 2. The zero-order chi connectivity index (χ0) is 10.3. The van der Waals surface area contributed by atoms with Gasteiger partial charge in [-0.3, -0.25) is 9.69 Å². The van der Waals surface area contributed by atoms with Crippen molar-refractivity contribution in [2.24, 2.45) is 0 Å². The molecule has 5 heteroatoms. The lowest BCUT2D eigenvalue weighted by molar-refractivity contribution is -0.129. The molecule has 2 aliphatic rings. The van der Waals surface area contributed by atoms with Crippen LogP contribution in [-0.4, -0.2) is 54.0 Å². The summed E-state index contributed by atoms with van der Waals surface area (Å²) in [4.78, 5) is 26.5. The molecule has 5 nitrogen and oxygen atoms in total. The zero-order valence-corrected chi connectivity index (χ0v) is 8.54. The Kier molecular flexibility index (Phi) is 1.99. The number of nitrogens with one attached hydrogen (secondary N) is 1. The van der Waals surface area contributed by atoms with Crippen molar-refractivity contribution in [3.63, 3.8) is 0 Å². The van der Waals surface area contributed by atoms with Crippen LogP contribution in [0.3, 0.4) is 0 Å². The molecule has 2 heterocycles. The quantitative estimate of drug-likeness (QED) is 0.584. The highest BCUT2D eigenvalue weighted by Gasteiger charge is 2.52. The highest BCUT2D eigenvalue weighted by molar-refractivity contribution is 6.07. The predicted octanol–water partition coefficient (Wildman–Crippen LogP) is -0.368. The maximum Gasteiger partial charge on any atom is 0.324 e. The van der Waals surface area contributed by atoms with Crippen molar-refractivity contribution in [1.29, 1.82) is 0 Å². The Morgan fingerprint density at radius 3 is 2.64 bits per heavy atom. The van der Waals surface area contributed by atoms with Crippen LogP contribution in [0.5, 0.6) is 0 Å². The Morgan fingerprint density at radius 1 is 1.50 bits per heavy atom. The van der Waals surface area contributed by atoms with Gasteiger partial charge in [0.1, 0.15) is 5.54 Å². The Labute approximate surface area is 83.0 Å². The summed E-state index contributed by atoms with van der Waals surface area (Å²) in [6.45, 7) is 4.52. The monoisotopic (exact) mass is 197 g/mol. The lowest BCUT2D eigenvalue weighted by Gasteiger charge is -2.20. The van der Waals surface area contributed by atoms with Crippen molar-refractivity contribution < 1.29 is 9.59 Å². The zero-order valence-electron chi connectivity index (χ0n) is 8.54. The molecule has 1 atom stereocenters. The van der Waals surface area contributed by atoms with Crippen LogP contribution >= 0.6 is 0 Å². The van der Waals surface area contributed by atoms with E-state index >= 15 is 0 Å². The average molecular weight is 197 g/mol. The third kappa shape index (κ3) is 1.12. The second-order valence-electron chi connectivity index (χ2n) is 4.00. The molecule has 78 valence electrons. The van der Waals surface area contributed by atoms with Gasteiger partial charge < -0.3 is 10.2 Å². The van der Waals surface area contributed by atoms with E-state index in [4.69, 9.17) is 0 Å². The molecule has 0 aromatic heterocycles. The number of hydrogen-bond donors (Lipinski definition) is 1. The Hall–Kier alpha value is -1.10. The minimum atomic E-state index is -0.623. The minimum absolute atomic E-state index is 0.0848. The number of hydrogen-bond acceptors (Lipinski definition) is 3. The van der Waals surface area contributed by atoms with Gasteiger partial charge in [0.25, 0.3) is 5.91 Å². The van der Waals surface area contributed by atoms with Gasteiger partial charge in [0.05, 0.1) is 0 Å². The highest BCUT2D eigenvalue weighted by atomic mass is 16.2. The molecule has 2 saturated heterocycles. The second kappa shape index (κ2) is 2.95. The lowest BCUT2D eigenvalue weighted by atomic mass is 9.99. The largest absolute Gasteiger partial charge is 0.324 e. The smallest absolute Gasteiger partial charge is 0.322 e. The number of rotatable bonds is 1. The molecule has 0 aromatic carbocycles. The van der Waals surface area contributed by atoms with Gasteiger partial charge in [-0.15, -0.1) is 0 Å². The average Bonchev–Trinajstić information content (AvgIpc) is 2.67. The van der Waals surface area contributed by atoms with Gasteiger partial charge in [-0.25, -0.2) is 4.79 Å². The molecule has 0 radical (unpaired) electrons. The van der Waals surface area contributed by atoms with Gasteiger partial charge in [0.15, 0.2) is 0 Å². The first-order valence-corrected chi connectivity index (χ1v) is 4.92. The van der Waals surface area contributed by atoms with Crippen molar-refractivity contribution in [1.82, 2.24) is 15.1 Å². The fourth-order valence-corrected chi connectivity index (χ4v) is 2.19. The van der Waals surface area contributed by atoms with E-state index in [1.54, 1.807) is 0 Å². The molecule has 1 unspecified atom stereocenters. The van der Waals surface area contributed by atoms with Crippen LogP contribution in [0.1, 0.15) is 13.3 Å². The van der Waals surface area contributed by atoms with E-state index in [1.165, 1.54) is 11.9 Å². The molecule has 2 rings (SSSR count). The molecule has 14 heavy (non-hydrogen) atoms. The van der Waals surface area contributed by atoms with E-state index in [0.717, 1.165) is 19.5 Å². The van der Waals surface area contributed by atoms with Gasteiger partial charge in [-0.1, -0.05) is 6.92 Å². The number of carbonyl (C=O) groups is 2. The van der Waals surface area contributed by atoms with Gasteiger partial charge in [-0.05, 0) is 13.0 Å². The molecular formula is C9H15N3O2. The lowest BCUT2D eigenvalue weighted by Crippen LogP contribution is -2.49. The third-order valence-electron chi connectivity index (χ3n) is 3.16. The Balaban J connectivity index is 2.19. The molecule has 0 bridgehead atoms. The van der Waals surface area contributed by atoms with Crippen molar-refractivity contribution in [3.05, 3.63) is 0 Å². The first-order valence-electron chi connectivity index (χ1n) is 4.92. The molecule has 2 fully saturated rings. The molecule has 3 amide bonds. The Morgan fingerprint density at radius 2 is 2.21 bits per heavy atom. The van der Waals surface area contributed by atoms with Gasteiger partial charge in [-0.2, -0.15) is 0 Å². The third-order valence-corrected chi connectivity index (χ3v) is 3.16. The Bertz CT molecular complexity index is 292. The van der Waals surface area contributed by atoms with Crippen molar-refractivity contribution in [2.75, 3.05) is 26.7 Å². The maximum atomic E-state index is 11.8. The van der Waals surface area contributed by atoms with E-state index in [9.17, 15) is 9.59 Å². The fourth-order valence-electron chi connectivity index (χ4n) is 2.19. The number of likely N-dealkylation sites (tertiary alicyclic amines) is 1. The van der Waals surface area contributed by atoms with Crippen LogP contribution in [0, 0.1) is 0 Å². The number of imide groups is 1. The predicted molar refractivity (Wildman–Crippen MR) is 50.8 cm³/mol. The molecule has 1 spiro atoms. The van der Waals surface area contributed by atoms with Crippen LogP contribution in [-0.2, 0) is 4.79 Å². The highest BCUT2D eigenvalue weighted by Crippen LogP contribution is 2.27. The topological polar surface area (TPSA) is 52.7 Å². The molecular weight excluding hydrogens is 182 g/mol. The van der Waals surface area contributed by atoms with Gasteiger partial charge >= 0.3 is 6.03 Å². The van der Waals surface area contributed by atoms with E-state index in [0.29, 0.717) is 6.54 Å². The number of nitrogens with zero attached hydrogens (tertiary/aromatic N) is 2. The summed E-state index contributed by atoms with van der Waals surface area (Å²) in [6, 6.07) is -0.270. The SMILES string of the molecule is CCN1CCC2(C1)NC(=O)N(C)C2=O. The van der Waals surface area contributed by atoms with Crippen LogP contribution in [0.2, 0.25) is 0 Å². The van der Waals surface area contributed by atoms with Crippen LogP contribution in [0.15, 0.2) is 0 Å². The number of amides is 3. The second-order valence-corrected chi connectivity index (χ2v) is 4.00. The first kappa shape index (κ1) is 9.45. The minimum Gasteiger partial charge on any atom is -0.322 e. The van der Waals surface area contributed by atoms with Crippen LogP contribution in [0.4, 0.5) is 4.79 Å². The van der Waals surface area contributed by atoms with Crippen molar-refractivity contribution >= 4 is 11.9 Å². The van der Waals surface area contributed by atoms with E-state index < -0.39 is 5.54 Å². The normalized spacial score (nSPS) is 33.1. The number of urea groups is 1. The maximum absolute atomic E-state index is 11.8. The standard InChI is InChI=1S/C9H15N3O2/c1-3-12-5-4-9(6-12)7(13)11(2)8(14)10-9/h3-6H2,1-2H3,(H,10,14). The summed E-state index contributed by atoms with van der Waals surface area (Å²) in [5.74, 6) is -0.0848. The van der Waals surface area contributed by atoms with E-state index in [-0.39, 0.29) is 11.9 Å². The van der Waals surface area contributed by atoms with Crippen molar-refractivity contribution in [3.8, 4) is 0 Å². The number of likely N-dealkylation sites (N-methyl/N-ethyl adjacent to an activating group) is 2. The summed E-state index contributed by atoms with van der Waals surface area (Å²) in [5.41, 5.74) is -0.623. The van der Waals surface area contributed by atoms with Crippen LogP contribution in [0.25, 0.3) is 0 Å². The summed E-state index contributed by atoms with van der Waals surface area (Å²) in [6.07, 6.45) is 0.732. The molecule has 0 saturated carbocycles. The van der Waals surface area contributed by atoms with Crippen molar-refractivity contribution in [2.45, 2.75) is 18.9 Å². The first-order chi connectivity index (χ1) is 6.59. The van der Waals surface area contributed by atoms with E-state index in [1.807, 2.05) is 0 Å². The van der Waals surface area contributed by atoms with Gasteiger partial charge in [0.2, 0.25) is 0 Å². The van der Waals surface area contributed by atoms with Gasteiger partial charge in [0, 0.05) is 20.1 Å². The fraction of sp³-hybridized carbons (Fsp3) is 0.778. The molecule has 2 aliphatic heterocycles. The summed E-state index contributed by atoms with van der Waals surface area (Å²) < 4.78 is 0. The van der Waals surface area contributed by atoms with Crippen LogP contribution < -0.4 is 5.32 Å². The molecule has 1 N–H and O–H groups in total. The summed E-state index contributed by atoms with van der Waals surface area (Å²) in [5, 5.41) is 2.79. The molecule has 0 aromatic rings. The van der Waals surface area contributed by atoms with E-state index in [2.05, 4.69) is 17.1 Å². The summed E-state index contributed by atoms with van der Waals surface area (Å²) in [7, 11) is 1.53. The summed E-state index contributed by atoms with van der Waals surface area (Å²) >= 11 is 0.